The molecule has 118 valence electrons. The second-order valence-corrected chi connectivity index (χ2v) is 6.37. The van der Waals surface area contributed by atoms with Crippen molar-refractivity contribution >= 4 is 0 Å². The predicted molar refractivity (Wildman–Crippen MR) is 85.1 cm³/mol. The summed E-state index contributed by atoms with van der Waals surface area (Å²) in [5.41, 5.74) is 7.33. The van der Waals surface area contributed by atoms with Gasteiger partial charge >= 0.3 is 0 Å². The second-order valence-electron chi connectivity index (χ2n) is 6.37. The van der Waals surface area contributed by atoms with Crippen molar-refractivity contribution in [3.63, 3.8) is 0 Å². The molecule has 0 radical (unpaired) electrons. The lowest BCUT2D eigenvalue weighted by Gasteiger charge is -2.29. The van der Waals surface area contributed by atoms with Gasteiger partial charge in [0.15, 0.2) is 0 Å². The molecule has 1 fully saturated rings. The molecule has 1 aliphatic carbocycles. The van der Waals surface area contributed by atoms with Crippen molar-refractivity contribution in [3.05, 3.63) is 47.8 Å². The van der Waals surface area contributed by atoms with Crippen LogP contribution in [0.3, 0.4) is 0 Å². The molecule has 1 aromatic carbocycles. The van der Waals surface area contributed by atoms with E-state index in [1.54, 1.807) is 4.68 Å². The van der Waals surface area contributed by atoms with E-state index in [4.69, 9.17) is 5.73 Å². The Bertz CT molecular complexity index is 590. The average molecular weight is 300 g/mol. The number of hydrogen-bond acceptors (Lipinski definition) is 4. The summed E-state index contributed by atoms with van der Waals surface area (Å²) in [5, 5.41) is 19.0. The van der Waals surface area contributed by atoms with Gasteiger partial charge in [-0.1, -0.05) is 54.8 Å². The third-order valence-corrected chi connectivity index (χ3v) is 4.46. The molecule has 0 unspecified atom stereocenters. The molecule has 1 aromatic heterocycles. The Balaban J connectivity index is 1.61. The van der Waals surface area contributed by atoms with Gasteiger partial charge in [0, 0.05) is 6.04 Å². The van der Waals surface area contributed by atoms with E-state index in [1.165, 1.54) is 12.0 Å². The van der Waals surface area contributed by atoms with Crippen LogP contribution in [-0.4, -0.2) is 26.1 Å². The SMILES string of the molecule is N[C@@H](Cc1ccccc1)Cn1cc(C2(O)CCCCC2)nn1. The minimum Gasteiger partial charge on any atom is -0.383 e. The number of nitrogens with two attached hydrogens (primary N) is 1. The van der Waals surface area contributed by atoms with Crippen molar-refractivity contribution in [2.24, 2.45) is 5.73 Å². The van der Waals surface area contributed by atoms with Crippen LogP contribution in [0.1, 0.15) is 43.4 Å². The Kier molecular flexibility index (Phi) is 4.55. The molecule has 1 heterocycles. The van der Waals surface area contributed by atoms with Crippen LogP contribution in [0.25, 0.3) is 0 Å². The number of aliphatic hydroxyl groups is 1. The van der Waals surface area contributed by atoms with Gasteiger partial charge < -0.3 is 10.8 Å². The van der Waals surface area contributed by atoms with Gasteiger partial charge in [-0.25, -0.2) is 0 Å². The van der Waals surface area contributed by atoms with Crippen LogP contribution in [0, 0.1) is 0 Å². The fourth-order valence-corrected chi connectivity index (χ4v) is 3.22. The van der Waals surface area contributed by atoms with E-state index < -0.39 is 5.60 Å². The van der Waals surface area contributed by atoms with Crippen LogP contribution in [0.5, 0.6) is 0 Å². The normalized spacial score (nSPS) is 19.0. The predicted octanol–water partition coefficient (Wildman–Crippen LogP) is 2.00. The number of hydrogen-bond donors (Lipinski definition) is 2. The van der Waals surface area contributed by atoms with Crippen LogP contribution >= 0.6 is 0 Å². The maximum atomic E-state index is 10.7. The highest BCUT2D eigenvalue weighted by atomic mass is 16.3. The zero-order valence-electron chi connectivity index (χ0n) is 12.9. The van der Waals surface area contributed by atoms with Crippen molar-refractivity contribution < 1.29 is 5.11 Å². The summed E-state index contributed by atoms with van der Waals surface area (Å²) in [7, 11) is 0. The van der Waals surface area contributed by atoms with E-state index >= 15 is 0 Å². The Morgan fingerprint density at radius 3 is 2.64 bits per heavy atom. The molecular weight excluding hydrogens is 276 g/mol. The standard InChI is InChI=1S/C17H24N4O/c18-15(11-14-7-3-1-4-8-14)12-21-13-16(19-20-21)17(22)9-5-2-6-10-17/h1,3-4,7-8,13,15,22H,2,5-6,9-12,18H2/t15-/m0/s1. The summed E-state index contributed by atoms with van der Waals surface area (Å²) < 4.78 is 1.76. The maximum absolute atomic E-state index is 10.7. The second kappa shape index (κ2) is 6.58. The van der Waals surface area contributed by atoms with Gasteiger partial charge in [-0.2, -0.15) is 0 Å². The minimum atomic E-state index is -0.792. The van der Waals surface area contributed by atoms with Gasteiger partial charge in [-0.15, -0.1) is 5.10 Å². The first-order valence-corrected chi connectivity index (χ1v) is 8.08. The lowest BCUT2D eigenvalue weighted by molar-refractivity contribution is -0.00474. The summed E-state index contributed by atoms with van der Waals surface area (Å²) in [5.74, 6) is 0. The van der Waals surface area contributed by atoms with Crippen LogP contribution < -0.4 is 5.73 Å². The van der Waals surface area contributed by atoms with Crippen molar-refractivity contribution in [1.82, 2.24) is 15.0 Å². The van der Waals surface area contributed by atoms with Crippen LogP contribution in [0.2, 0.25) is 0 Å². The molecule has 5 nitrogen and oxygen atoms in total. The first-order valence-electron chi connectivity index (χ1n) is 8.08. The molecule has 1 aliphatic rings. The molecule has 1 atom stereocenters. The van der Waals surface area contributed by atoms with Gasteiger partial charge in [-0.3, -0.25) is 4.68 Å². The van der Waals surface area contributed by atoms with E-state index in [0.717, 1.165) is 32.1 Å². The summed E-state index contributed by atoms with van der Waals surface area (Å²) in [6.45, 7) is 0.609. The molecule has 0 spiro atoms. The first-order chi connectivity index (χ1) is 10.7. The molecule has 5 heteroatoms. The highest BCUT2D eigenvalue weighted by Crippen LogP contribution is 2.35. The summed E-state index contributed by atoms with van der Waals surface area (Å²) in [6, 6.07) is 10.2. The van der Waals surface area contributed by atoms with Crippen LogP contribution in [-0.2, 0) is 18.6 Å². The Morgan fingerprint density at radius 2 is 1.91 bits per heavy atom. The van der Waals surface area contributed by atoms with Crippen molar-refractivity contribution in [2.75, 3.05) is 0 Å². The van der Waals surface area contributed by atoms with Crippen LogP contribution in [0.4, 0.5) is 0 Å². The molecule has 1 saturated carbocycles. The summed E-state index contributed by atoms with van der Waals surface area (Å²) in [4.78, 5) is 0. The fraction of sp³-hybridized carbons (Fsp3) is 0.529. The highest BCUT2D eigenvalue weighted by Gasteiger charge is 2.34. The summed E-state index contributed by atoms with van der Waals surface area (Å²) >= 11 is 0. The monoisotopic (exact) mass is 300 g/mol. The Hall–Kier alpha value is -1.72. The molecule has 0 saturated heterocycles. The van der Waals surface area contributed by atoms with E-state index in [-0.39, 0.29) is 6.04 Å². The van der Waals surface area contributed by atoms with Crippen molar-refractivity contribution in [2.45, 2.75) is 56.7 Å². The Labute approximate surface area is 131 Å². The van der Waals surface area contributed by atoms with Crippen molar-refractivity contribution in [3.8, 4) is 0 Å². The van der Waals surface area contributed by atoms with Crippen LogP contribution in [0.15, 0.2) is 36.5 Å². The zero-order chi connectivity index (χ0) is 15.4. The maximum Gasteiger partial charge on any atom is 0.114 e. The molecule has 0 bridgehead atoms. The number of rotatable bonds is 5. The highest BCUT2D eigenvalue weighted by molar-refractivity contribution is 5.15. The van der Waals surface area contributed by atoms with Gasteiger partial charge in [0.2, 0.25) is 0 Å². The van der Waals surface area contributed by atoms with E-state index in [1.807, 2.05) is 24.4 Å². The molecule has 3 N–H and O–H groups in total. The average Bonchev–Trinajstić information content (AvgIpc) is 2.98. The molecule has 0 aliphatic heterocycles. The third kappa shape index (κ3) is 3.54. The molecule has 22 heavy (non-hydrogen) atoms. The number of aromatic nitrogens is 3. The smallest absolute Gasteiger partial charge is 0.114 e. The zero-order valence-corrected chi connectivity index (χ0v) is 12.9. The lowest BCUT2D eigenvalue weighted by Crippen LogP contribution is -2.29. The number of benzene rings is 1. The van der Waals surface area contributed by atoms with Gasteiger partial charge in [0.25, 0.3) is 0 Å². The van der Waals surface area contributed by atoms with Gasteiger partial charge in [0.1, 0.15) is 11.3 Å². The quantitative estimate of drug-likeness (QED) is 0.885. The van der Waals surface area contributed by atoms with E-state index in [0.29, 0.717) is 12.2 Å². The molecule has 0 amide bonds. The fourth-order valence-electron chi connectivity index (χ4n) is 3.22. The third-order valence-electron chi connectivity index (χ3n) is 4.46. The van der Waals surface area contributed by atoms with Gasteiger partial charge in [-0.05, 0) is 24.8 Å². The molecular formula is C17H24N4O. The topological polar surface area (TPSA) is 77.0 Å². The minimum absolute atomic E-state index is 0.0158. The lowest BCUT2D eigenvalue weighted by atomic mass is 9.83. The van der Waals surface area contributed by atoms with E-state index in [2.05, 4.69) is 22.4 Å². The largest absolute Gasteiger partial charge is 0.383 e. The van der Waals surface area contributed by atoms with Gasteiger partial charge in [0.05, 0.1) is 12.7 Å². The molecule has 3 rings (SSSR count). The summed E-state index contributed by atoms with van der Waals surface area (Å²) in [6.07, 6.45) is 7.52. The van der Waals surface area contributed by atoms with Crippen molar-refractivity contribution in [1.29, 1.82) is 0 Å². The molecule has 2 aromatic rings. The number of nitrogens with zero attached hydrogens (tertiary/aromatic N) is 3. The Morgan fingerprint density at radius 1 is 1.18 bits per heavy atom. The first kappa shape index (κ1) is 15.2. The van der Waals surface area contributed by atoms with E-state index in [9.17, 15) is 5.11 Å².